The topological polar surface area (TPSA) is 89.9 Å². The molecule has 1 amide bonds. The van der Waals surface area contributed by atoms with Gasteiger partial charge in [0, 0.05) is 32.5 Å². The average molecular weight is 324 g/mol. The van der Waals surface area contributed by atoms with Gasteiger partial charge in [-0.05, 0) is 18.6 Å². The van der Waals surface area contributed by atoms with Gasteiger partial charge in [0.05, 0.1) is 24.0 Å². The molecule has 0 aromatic carbocycles. The van der Waals surface area contributed by atoms with Crippen LogP contribution < -0.4 is 0 Å². The van der Waals surface area contributed by atoms with Crippen molar-refractivity contribution >= 4 is 5.91 Å². The Balaban J connectivity index is 1.49. The monoisotopic (exact) mass is 324 g/mol. The van der Waals surface area contributed by atoms with Gasteiger partial charge in [-0.1, -0.05) is 0 Å². The van der Waals surface area contributed by atoms with E-state index in [2.05, 4.69) is 20.2 Å². The van der Waals surface area contributed by atoms with Crippen LogP contribution >= 0.6 is 0 Å². The van der Waals surface area contributed by atoms with Gasteiger partial charge >= 0.3 is 0 Å². The number of imidazole rings is 1. The van der Waals surface area contributed by atoms with Gasteiger partial charge in [-0.25, -0.2) is 4.98 Å². The van der Waals surface area contributed by atoms with Crippen LogP contribution in [0.4, 0.5) is 0 Å². The fourth-order valence-corrected chi connectivity index (χ4v) is 2.88. The van der Waals surface area contributed by atoms with Gasteiger partial charge in [0.15, 0.2) is 0 Å². The van der Waals surface area contributed by atoms with E-state index in [0.717, 1.165) is 12.1 Å². The summed E-state index contributed by atoms with van der Waals surface area (Å²) in [4.78, 5) is 22.3. The highest BCUT2D eigenvalue weighted by atomic mass is 16.4. The first-order valence-corrected chi connectivity index (χ1v) is 7.72. The zero-order valence-corrected chi connectivity index (χ0v) is 13.2. The summed E-state index contributed by atoms with van der Waals surface area (Å²) in [5.74, 6) is 1.05. The second-order valence-corrected chi connectivity index (χ2v) is 5.81. The van der Waals surface area contributed by atoms with Crippen LogP contribution in [0.1, 0.15) is 28.6 Å². The van der Waals surface area contributed by atoms with Crippen LogP contribution in [-0.2, 0) is 7.05 Å². The number of rotatable bonds is 3. The first kappa shape index (κ1) is 14.6. The molecule has 8 heteroatoms. The molecule has 3 aromatic rings. The third kappa shape index (κ3) is 2.55. The van der Waals surface area contributed by atoms with Crippen LogP contribution in [0.3, 0.4) is 0 Å². The van der Waals surface area contributed by atoms with E-state index in [1.807, 2.05) is 11.6 Å². The van der Waals surface area contributed by atoms with Crippen LogP contribution in [0.15, 0.2) is 41.5 Å². The lowest BCUT2D eigenvalue weighted by atomic mass is 10.1. The number of pyridine rings is 1. The molecule has 1 unspecified atom stereocenters. The second-order valence-electron chi connectivity index (χ2n) is 5.81. The highest BCUT2D eigenvalue weighted by molar-refractivity contribution is 5.94. The lowest BCUT2D eigenvalue weighted by molar-refractivity contribution is 0.0789. The van der Waals surface area contributed by atoms with Crippen molar-refractivity contribution in [3.05, 3.63) is 48.5 Å². The summed E-state index contributed by atoms with van der Waals surface area (Å²) >= 11 is 0. The van der Waals surface area contributed by atoms with Gasteiger partial charge in [-0.2, -0.15) is 0 Å². The number of aromatic nitrogens is 5. The van der Waals surface area contributed by atoms with E-state index in [1.54, 1.807) is 42.0 Å². The largest absolute Gasteiger partial charge is 0.419 e. The maximum absolute atomic E-state index is 12.5. The van der Waals surface area contributed by atoms with E-state index in [1.165, 1.54) is 0 Å². The molecule has 1 aliphatic rings. The van der Waals surface area contributed by atoms with Crippen LogP contribution in [0.5, 0.6) is 0 Å². The van der Waals surface area contributed by atoms with Crippen molar-refractivity contribution in [3.63, 3.8) is 0 Å². The van der Waals surface area contributed by atoms with Crippen molar-refractivity contribution in [3.8, 4) is 11.6 Å². The number of aryl methyl sites for hydroxylation is 1. The van der Waals surface area contributed by atoms with Crippen molar-refractivity contribution in [2.45, 2.75) is 12.3 Å². The van der Waals surface area contributed by atoms with E-state index < -0.39 is 0 Å². The minimum Gasteiger partial charge on any atom is -0.419 e. The highest BCUT2D eigenvalue weighted by Gasteiger charge is 2.31. The molecular weight excluding hydrogens is 308 g/mol. The molecular formula is C16H16N6O2. The molecule has 1 atom stereocenters. The quantitative estimate of drug-likeness (QED) is 0.725. The number of carbonyl (C=O) groups is 1. The minimum atomic E-state index is -0.0167. The molecule has 24 heavy (non-hydrogen) atoms. The molecule has 8 nitrogen and oxygen atoms in total. The summed E-state index contributed by atoms with van der Waals surface area (Å²) in [7, 11) is 1.87. The highest BCUT2D eigenvalue weighted by Crippen LogP contribution is 2.29. The first-order chi connectivity index (χ1) is 11.7. The number of amides is 1. The summed E-state index contributed by atoms with van der Waals surface area (Å²) < 4.78 is 7.62. The van der Waals surface area contributed by atoms with Gasteiger partial charge in [0.1, 0.15) is 5.69 Å². The molecule has 4 heterocycles. The number of carbonyl (C=O) groups excluding carboxylic acids is 1. The molecule has 0 spiro atoms. The summed E-state index contributed by atoms with van der Waals surface area (Å²) in [6.45, 7) is 1.24. The third-order valence-corrected chi connectivity index (χ3v) is 4.21. The Labute approximate surface area is 138 Å². The lowest BCUT2D eigenvalue weighted by Gasteiger charge is -2.15. The molecule has 1 saturated heterocycles. The zero-order valence-electron chi connectivity index (χ0n) is 13.2. The summed E-state index contributed by atoms with van der Waals surface area (Å²) in [6.07, 6.45) is 7.41. The van der Waals surface area contributed by atoms with Crippen molar-refractivity contribution in [1.82, 2.24) is 29.6 Å². The predicted molar refractivity (Wildman–Crippen MR) is 84.0 cm³/mol. The Morgan fingerprint density at radius 1 is 1.29 bits per heavy atom. The zero-order chi connectivity index (χ0) is 16.5. The fraction of sp³-hybridized carbons (Fsp3) is 0.312. The third-order valence-electron chi connectivity index (χ3n) is 4.21. The van der Waals surface area contributed by atoms with E-state index in [0.29, 0.717) is 30.4 Å². The van der Waals surface area contributed by atoms with Crippen molar-refractivity contribution in [2.75, 3.05) is 13.1 Å². The van der Waals surface area contributed by atoms with Crippen molar-refractivity contribution < 1.29 is 9.21 Å². The Morgan fingerprint density at radius 2 is 2.21 bits per heavy atom. The number of likely N-dealkylation sites (tertiary alicyclic amines) is 1. The maximum atomic E-state index is 12.5. The summed E-state index contributed by atoms with van der Waals surface area (Å²) in [5.41, 5.74) is 1.37. The summed E-state index contributed by atoms with van der Waals surface area (Å²) in [6, 6.07) is 3.54. The molecule has 0 bridgehead atoms. The number of hydrogen-bond donors (Lipinski definition) is 0. The molecule has 0 aliphatic carbocycles. The van der Waals surface area contributed by atoms with Crippen molar-refractivity contribution in [1.29, 1.82) is 0 Å². The van der Waals surface area contributed by atoms with Gasteiger partial charge in [0.25, 0.3) is 11.8 Å². The minimum absolute atomic E-state index is 0.0167. The predicted octanol–water partition coefficient (Wildman–Crippen LogP) is 1.49. The number of hydrogen-bond acceptors (Lipinski definition) is 6. The van der Waals surface area contributed by atoms with Crippen LogP contribution in [0.25, 0.3) is 11.6 Å². The summed E-state index contributed by atoms with van der Waals surface area (Å²) in [5, 5.41) is 8.25. The van der Waals surface area contributed by atoms with Gasteiger partial charge in [0.2, 0.25) is 5.89 Å². The maximum Gasteiger partial charge on any atom is 0.265 e. The standard InChI is InChI=1S/C16H16N6O2/c1-21-10-18-8-13(21)15-20-19-14(24-15)12-4-6-22(9-12)16(23)11-3-2-5-17-7-11/h2-3,5,7-8,10,12H,4,6,9H2,1H3. The fourth-order valence-electron chi connectivity index (χ4n) is 2.88. The molecule has 122 valence electrons. The van der Waals surface area contributed by atoms with E-state index >= 15 is 0 Å². The van der Waals surface area contributed by atoms with Crippen molar-refractivity contribution in [2.24, 2.45) is 7.05 Å². The molecule has 3 aromatic heterocycles. The smallest absolute Gasteiger partial charge is 0.265 e. The Hall–Kier alpha value is -3.03. The van der Waals surface area contributed by atoms with Crippen LogP contribution in [0, 0.1) is 0 Å². The molecule has 0 N–H and O–H groups in total. The first-order valence-electron chi connectivity index (χ1n) is 7.72. The second kappa shape index (κ2) is 5.88. The van der Waals surface area contributed by atoms with E-state index in [-0.39, 0.29) is 11.8 Å². The van der Waals surface area contributed by atoms with Gasteiger partial charge in [-0.3, -0.25) is 9.78 Å². The van der Waals surface area contributed by atoms with E-state index in [9.17, 15) is 4.79 Å². The molecule has 1 fully saturated rings. The molecule has 0 radical (unpaired) electrons. The average Bonchev–Trinajstić information content (AvgIpc) is 3.34. The van der Waals surface area contributed by atoms with E-state index in [4.69, 9.17) is 4.42 Å². The number of nitrogens with zero attached hydrogens (tertiary/aromatic N) is 6. The van der Waals surface area contributed by atoms with Crippen LogP contribution in [0.2, 0.25) is 0 Å². The van der Waals surface area contributed by atoms with Crippen LogP contribution in [-0.4, -0.2) is 48.6 Å². The Morgan fingerprint density at radius 3 is 2.96 bits per heavy atom. The molecule has 0 saturated carbocycles. The molecule has 4 rings (SSSR count). The van der Waals surface area contributed by atoms with Gasteiger partial charge in [-0.15, -0.1) is 10.2 Å². The Kier molecular flexibility index (Phi) is 3.56. The SMILES string of the molecule is Cn1cncc1-c1nnc(C2CCN(C(=O)c3cccnc3)C2)o1. The molecule has 1 aliphatic heterocycles. The van der Waals surface area contributed by atoms with Gasteiger partial charge < -0.3 is 13.9 Å². The normalized spacial score (nSPS) is 17.4. The lowest BCUT2D eigenvalue weighted by Crippen LogP contribution is -2.28. The Bertz CT molecular complexity index is 856.